The van der Waals surface area contributed by atoms with Gasteiger partial charge in [-0.2, -0.15) is 0 Å². The summed E-state index contributed by atoms with van der Waals surface area (Å²) in [6, 6.07) is 7.28. The van der Waals surface area contributed by atoms with E-state index in [2.05, 4.69) is 16.8 Å². The van der Waals surface area contributed by atoms with Crippen LogP contribution >= 0.6 is 22.9 Å². The first kappa shape index (κ1) is 14.5. The van der Waals surface area contributed by atoms with E-state index in [1.165, 1.54) is 16.5 Å². The number of aryl methyl sites for hydroxylation is 1. The molecule has 0 fully saturated rings. The third-order valence-corrected chi connectivity index (χ3v) is 5.07. The molecule has 0 saturated carbocycles. The Bertz CT molecular complexity index is 671. The minimum absolute atomic E-state index is 0.0800. The lowest BCUT2D eigenvalue weighted by Gasteiger charge is -2.23. The Hall–Kier alpha value is -1.43. The van der Waals surface area contributed by atoms with Gasteiger partial charge in [0.2, 0.25) is 0 Å². The highest BCUT2D eigenvalue weighted by Gasteiger charge is 2.22. The van der Waals surface area contributed by atoms with E-state index in [4.69, 9.17) is 11.6 Å². The summed E-state index contributed by atoms with van der Waals surface area (Å²) in [5.74, 6) is 0. The van der Waals surface area contributed by atoms with Crippen LogP contribution in [-0.2, 0) is 13.0 Å². The molecule has 4 nitrogen and oxygen atoms in total. The maximum atomic E-state index is 11.1. The topological polar surface area (TPSA) is 55.2 Å². The molecule has 1 aromatic carbocycles. The molecule has 1 heterocycles. The zero-order valence-corrected chi connectivity index (χ0v) is 12.9. The van der Waals surface area contributed by atoms with Gasteiger partial charge in [0.1, 0.15) is 0 Å². The molecule has 1 atom stereocenters. The van der Waals surface area contributed by atoms with Crippen molar-refractivity contribution in [1.82, 2.24) is 5.32 Å². The first-order valence-corrected chi connectivity index (χ1v) is 8.13. The molecule has 2 aromatic rings. The fourth-order valence-electron chi connectivity index (χ4n) is 2.79. The highest BCUT2D eigenvalue weighted by molar-refractivity contribution is 7.10. The average molecular weight is 323 g/mol. The molecule has 1 aliphatic carbocycles. The maximum absolute atomic E-state index is 11.1. The van der Waals surface area contributed by atoms with Gasteiger partial charge in [0.15, 0.2) is 0 Å². The molecule has 1 aromatic heterocycles. The molecule has 0 saturated heterocycles. The van der Waals surface area contributed by atoms with E-state index in [-0.39, 0.29) is 16.7 Å². The van der Waals surface area contributed by atoms with E-state index < -0.39 is 0 Å². The Morgan fingerprint density at radius 3 is 3.10 bits per heavy atom. The van der Waals surface area contributed by atoms with Crippen LogP contribution in [-0.4, -0.2) is 4.92 Å². The molecule has 110 valence electrons. The monoisotopic (exact) mass is 322 g/mol. The van der Waals surface area contributed by atoms with Crippen molar-refractivity contribution in [1.29, 1.82) is 0 Å². The number of benzene rings is 1. The minimum Gasteiger partial charge on any atom is -0.306 e. The summed E-state index contributed by atoms with van der Waals surface area (Å²) < 4.78 is 0. The molecule has 0 amide bonds. The third-order valence-electron chi connectivity index (χ3n) is 3.83. The largest absolute Gasteiger partial charge is 0.306 e. The Labute approximate surface area is 131 Å². The number of nitrogens with zero attached hydrogens (tertiary/aromatic N) is 1. The highest BCUT2D eigenvalue weighted by atomic mass is 35.5. The zero-order valence-electron chi connectivity index (χ0n) is 11.3. The van der Waals surface area contributed by atoms with Crippen molar-refractivity contribution in [2.24, 2.45) is 0 Å². The summed E-state index contributed by atoms with van der Waals surface area (Å²) in [6.45, 7) is 0.480. The van der Waals surface area contributed by atoms with Gasteiger partial charge in [-0.15, -0.1) is 11.3 Å². The molecule has 0 radical (unpaired) electrons. The molecule has 0 aliphatic heterocycles. The number of rotatable bonds is 4. The van der Waals surface area contributed by atoms with Gasteiger partial charge in [0.05, 0.1) is 4.92 Å². The normalized spacial score (nSPS) is 17.5. The van der Waals surface area contributed by atoms with E-state index in [9.17, 15) is 10.1 Å². The molecule has 6 heteroatoms. The lowest BCUT2D eigenvalue weighted by molar-refractivity contribution is -0.385. The summed E-state index contributed by atoms with van der Waals surface area (Å²) in [6.07, 6.45) is 3.38. The minimum atomic E-state index is -0.375. The molecular weight excluding hydrogens is 308 g/mol. The average Bonchev–Trinajstić information content (AvgIpc) is 2.94. The van der Waals surface area contributed by atoms with E-state index in [1.807, 2.05) is 0 Å². The quantitative estimate of drug-likeness (QED) is 0.667. The number of nitrogens with one attached hydrogen (secondary N) is 1. The summed E-state index contributed by atoms with van der Waals surface area (Å²) in [4.78, 5) is 12.2. The summed E-state index contributed by atoms with van der Waals surface area (Å²) in [5, 5.41) is 17.1. The van der Waals surface area contributed by atoms with Crippen LogP contribution in [0.25, 0.3) is 0 Å². The van der Waals surface area contributed by atoms with Crippen LogP contribution in [0.15, 0.2) is 29.6 Å². The second-order valence-electron chi connectivity index (χ2n) is 5.15. The number of thiophene rings is 1. The van der Waals surface area contributed by atoms with E-state index in [0.29, 0.717) is 17.1 Å². The third kappa shape index (κ3) is 3.10. The molecular formula is C15H15ClN2O2S. The van der Waals surface area contributed by atoms with Gasteiger partial charge in [-0.1, -0.05) is 11.6 Å². The van der Waals surface area contributed by atoms with E-state index in [0.717, 1.165) is 19.3 Å². The number of hydrogen-bond acceptors (Lipinski definition) is 4. The molecule has 1 aliphatic rings. The highest BCUT2D eigenvalue weighted by Crippen LogP contribution is 2.34. The van der Waals surface area contributed by atoms with Gasteiger partial charge in [0.25, 0.3) is 5.69 Å². The number of fused-ring (bicyclic) bond motifs is 1. The van der Waals surface area contributed by atoms with Crippen molar-refractivity contribution >= 4 is 28.6 Å². The fourth-order valence-corrected chi connectivity index (χ4v) is 3.94. The number of halogens is 1. The zero-order chi connectivity index (χ0) is 14.8. The molecule has 1 N–H and O–H groups in total. The van der Waals surface area contributed by atoms with Gasteiger partial charge in [-0.05, 0) is 48.4 Å². The van der Waals surface area contributed by atoms with Crippen LogP contribution in [0.1, 0.15) is 34.9 Å². The standard InChI is InChI=1S/C15H15ClN2O2S/c16-11-5-4-10(14(8-11)18(19)20)9-17-13-2-1-3-15-12(13)6-7-21-15/h4-8,13,17H,1-3,9H2. The lowest BCUT2D eigenvalue weighted by atomic mass is 9.94. The Balaban J connectivity index is 1.76. The molecule has 3 rings (SSSR count). The smallest absolute Gasteiger partial charge is 0.275 e. The van der Waals surface area contributed by atoms with Crippen LogP contribution in [0, 0.1) is 10.1 Å². The van der Waals surface area contributed by atoms with Crippen molar-refractivity contribution in [3.63, 3.8) is 0 Å². The molecule has 1 unspecified atom stereocenters. The number of hydrogen-bond donors (Lipinski definition) is 1. The summed E-state index contributed by atoms with van der Waals surface area (Å²) in [5.41, 5.74) is 2.10. The SMILES string of the molecule is O=[N+]([O-])c1cc(Cl)ccc1CNC1CCCc2sccc21. The second kappa shape index (κ2) is 6.13. The van der Waals surface area contributed by atoms with Gasteiger partial charge in [0, 0.05) is 34.1 Å². The maximum Gasteiger partial charge on any atom is 0.275 e. The fraction of sp³-hybridized carbons (Fsp3) is 0.333. The van der Waals surface area contributed by atoms with Crippen LogP contribution in [0.3, 0.4) is 0 Å². The van der Waals surface area contributed by atoms with Gasteiger partial charge >= 0.3 is 0 Å². The molecule has 0 bridgehead atoms. The second-order valence-corrected chi connectivity index (χ2v) is 6.59. The molecule has 0 spiro atoms. The van der Waals surface area contributed by atoms with Crippen LogP contribution in [0.2, 0.25) is 5.02 Å². The van der Waals surface area contributed by atoms with Crippen molar-refractivity contribution in [2.45, 2.75) is 31.8 Å². The van der Waals surface area contributed by atoms with Crippen LogP contribution in [0.5, 0.6) is 0 Å². The Morgan fingerprint density at radius 1 is 1.43 bits per heavy atom. The van der Waals surface area contributed by atoms with Crippen LogP contribution < -0.4 is 5.32 Å². The number of nitro benzene ring substituents is 1. The summed E-state index contributed by atoms with van der Waals surface area (Å²) >= 11 is 7.63. The molecule has 21 heavy (non-hydrogen) atoms. The lowest BCUT2D eigenvalue weighted by Crippen LogP contribution is -2.24. The Kier molecular flexibility index (Phi) is 4.24. The number of nitro groups is 1. The van der Waals surface area contributed by atoms with Crippen molar-refractivity contribution < 1.29 is 4.92 Å². The Morgan fingerprint density at radius 2 is 2.29 bits per heavy atom. The predicted octanol–water partition coefficient (Wildman–Crippen LogP) is 4.48. The van der Waals surface area contributed by atoms with E-state index in [1.54, 1.807) is 23.5 Å². The van der Waals surface area contributed by atoms with Gasteiger partial charge in [-0.3, -0.25) is 10.1 Å². The van der Waals surface area contributed by atoms with Crippen molar-refractivity contribution in [2.75, 3.05) is 0 Å². The van der Waals surface area contributed by atoms with Crippen LogP contribution in [0.4, 0.5) is 5.69 Å². The first-order chi connectivity index (χ1) is 10.1. The van der Waals surface area contributed by atoms with Crippen molar-refractivity contribution in [3.8, 4) is 0 Å². The van der Waals surface area contributed by atoms with Gasteiger partial charge < -0.3 is 5.32 Å². The van der Waals surface area contributed by atoms with E-state index >= 15 is 0 Å². The predicted molar refractivity (Wildman–Crippen MR) is 84.9 cm³/mol. The van der Waals surface area contributed by atoms with Crippen molar-refractivity contribution in [3.05, 3.63) is 60.8 Å². The first-order valence-electron chi connectivity index (χ1n) is 6.87. The summed E-state index contributed by atoms with van der Waals surface area (Å²) in [7, 11) is 0. The van der Waals surface area contributed by atoms with Gasteiger partial charge in [-0.25, -0.2) is 0 Å².